The Hall–Kier alpha value is -9.85. The van der Waals surface area contributed by atoms with E-state index in [-0.39, 0.29) is 0 Å². The third-order valence-electron chi connectivity index (χ3n) is 14.3. The van der Waals surface area contributed by atoms with Crippen LogP contribution >= 0.6 is 22.7 Å². The van der Waals surface area contributed by atoms with E-state index in [1.165, 1.54) is 22.1 Å². The van der Waals surface area contributed by atoms with E-state index >= 15 is 0 Å². The Kier molecular flexibility index (Phi) is 13.6. The summed E-state index contributed by atoms with van der Waals surface area (Å²) in [5, 5.41) is 3.51. The van der Waals surface area contributed by atoms with Gasteiger partial charge in [0.05, 0.1) is 15.9 Å². The van der Waals surface area contributed by atoms with Crippen LogP contribution in [0.4, 0.5) is 34.1 Å². The lowest BCUT2D eigenvalue weighted by atomic mass is 9.99. The van der Waals surface area contributed by atoms with Crippen molar-refractivity contribution in [2.45, 2.75) is 0 Å². The molecule has 0 spiro atoms. The number of benzene rings is 10. The zero-order valence-electron chi connectivity index (χ0n) is 43.0. The van der Waals surface area contributed by atoms with Gasteiger partial charge in [-0.3, -0.25) is 4.79 Å². The molecule has 3 aromatic heterocycles. The monoisotopic (exact) mass is 1050 g/mol. The van der Waals surface area contributed by atoms with Crippen molar-refractivity contribution in [2.24, 2.45) is 0 Å². The number of fused-ring (bicyclic) bond motifs is 3. The van der Waals surface area contributed by atoms with Crippen molar-refractivity contribution in [1.29, 1.82) is 0 Å². The molecule has 0 amide bonds. The topological polar surface area (TPSA) is 28.5 Å². The maximum Gasteiger partial charge on any atom is 0.160 e. The van der Waals surface area contributed by atoms with Crippen molar-refractivity contribution in [3.63, 3.8) is 0 Å². The molecule has 79 heavy (non-hydrogen) atoms. The van der Waals surface area contributed by atoms with Gasteiger partial charge in [-0.1, -0.05) is 182 Å². The summed E-state index contributed by atoms with van der Waals surface area (Å²) in [7, 11) is 0. The fourth-order valence-corrected chi connectivity index (χ4v) is 12.3. The molecule has 0 saturated carbocycles. The quantitative estimate of drug-likeness (QED) is 0.0757. The van der Waals surface area contributed by atoms with Crippen molar-refractivity contribution in [2.75, 3.05) is 9.80 Å². The molecule has 0 radical (unpaired) electrons. The van der Waals surface area contributed by atoms with E-state index in [1.807, 2.05) is 12.1 Å². The molecule has 0 N–H and O–H groups in total. The van der Waals surface area contributed by atoms with E-state index in [1.54, 1.807) is 11.3 Å². The predicted octanol–water partition coefficient (Wildman–Crippen LogP) is 21.0. The molecule has 0 fully saturated rings. The molecule has 0 unspecified atom stereocenters. The van der Waals surface area contributed by atoms with Crippen LogP contribution < -0.4 is 9.80 Å². The lowest BCUT2D eigenvalue weighted by Crippen LogP contribution is -2.09. The smallest absolute Gasteiger partial charge is 0.160 e. The van der Waals surface area contributed by atoms with Gasteiger partial charge in [-0.05, 0) is 166 Å². The van der Waals surface area contributed by atoms with E-state index in [4.69, 9.17) is 0 Å². The molecule has 10 aromatic carbocycles. The average molecular weight is 1050 g/mol. The minimum Gasteiger partial charge on any atom is -0.311 e. The van der Waals surface area contributed by atoms with Crippen molar-refractivity contribution in [3.8, 4) is 37.0 Å². The molecule has 13 aromatic rings. The van der Waals surface area contributed by atoms with Crippen molar-refractivity contribution in [1.82, 2.24) is 4.57 Å². The fourth-order valence-electron chi connectivity index (χ4n) is 10.4. The summed E-state index contributed by atoms with van der Waals surface area (Å²) in [6.45, 7) is 0. The molecule has 0 saturated heterocycles. The SMILES string of the molecule is O=Cc1ccc(-c2ccc(-n3c4ccc(-c5ccc(/C=C/c6ccc(N(c7ccccc7)c7ccccc7)cc6)cc5)cc4c4cc(-c5ccc(/C=C/c6ccc(N(c7ccccc7)c7ccccc7)cc6)cc5)ccc43)s2)s1. The molecule has 0 aliphatic heterocycles. The van der Waals surface area contributed by atoms with Crippen LogP contribution in [-0.2, 0) is 0 Å². The van der Waals surface area contributed by atoms with Gasteiger partial charge in [-0.2, -0.15) is 0 Å². The summed E-state index contributed by atoms with van der Waals surface area (Å²) >= 11 is 3.28. The van der Waals surface area contributed by atoms with E-state index in [0.717, 1.165) is 116 Å². The largest absolute Gasteiger partial charge is 0.311 e. The van der Waals surface area contributed by atoms with Gasteiger partial charge in [0, 0.05) is 54.7 Å². The van der Waals surface area contributed by atoms with Gasteiger partial charge in [-0.25, -0.2) is 0 Å². The minimum atomic E-state index is 0.732. The molecular formula is C73H51N3OS2. The number of rotatable bonds is 15. The second-order valence-electron chi connectivity index (χ2n) is 19.4. The average Bonchev–Trinajstić information content (AvgIpc) is 4.42. The highest BCUT2D eigenvalue weighted by molar-refractivity contribution is 7.24. The Bertz CT molecular complexity index is 3960. The Morgan fingerprint density at radius 2 is 0.633 bits per heavy atom. The normalized spacial score (nSPS) is 11.5. The molecule has 0 aliphatic carbocycles. The summed E-state index contributed by atoms with van der Waals surface area (Å²) in [5.41, 5.74) is 18.2. The number of aromatic nitrogens is 1. The number of hydrogen-bond acceptors (Lipinski definition) is 5. The lowest BCUT2D eigenvalue weighted by molar-refractivity contribution is 0.112. The summed E-state index contributed by atoms with van der Waals surface area (Å²) in [6.07, 6.45) is 9.65. The van der Waals surface area contributed by atoms with Crippen LogP contribution in [0, 0.1) is 0 Å². The third-order valence-corrected chi connectivity index (χ3v) is 16.6. The summed E-state index contributed by atoms with van der Waals surface area (Å²) < 4.78 is 2.39. The van der Waals surface area contributed by atoms with Gasteiger partial charge >= 0.3 is 0 Å². The molecule has 0 bridgehead atoms. The zero-order chi connectivity index (χ0) is 52.9. The lowest BCUT2D eigenvalue weighted by Gasteiger charge is -2.25. The van der Waals surface area contributed by atoms with Crippen LogP contribution in [0.3, 0.4) is 0 Å². The second kappa shape index (κ2) is 22.0. The first-order chi connectivity index (χ1) is 39.1. The van der Waals surface area contributed by atoms with Crippen LogP contribution in [0.1, 0.15) is 31.9 Å². The molecule has 376 valence electrons. The van der Waals surface area contributed by atoms with Crippen LogP contribution in [0.5, 0.6) is 0 Å². The number of thiophene rings is 2. The van der Waals surface area contributed by atoms with Gasteiger partial charge in [0.15, 0.2) is 6.29 Å². The number of para-hydroxylation sites is 4. The number of anilines is 6. The van der Waals surface area contributed by atoms with Gasteiger partial charge < -0.3 is 14.4 Å². The molecule has 13 rings (SSSR count). The summed E-state index contributed by atoms with van der Waals surface area (Å²) in [5.74, 6) is 0. The van der Waals surface area contributed by atoms with E-state index < -0.39 is 0 Å². The second-order valence-corrected chi connectivity index (χ2v) is 21.5. The minimum absolute atomic E-state index is 0.732. The molecule has 3 heterocycles. The number of aldehydes is 1. The van der Waals surface area contributed by atoms with Crippen molar-refractivity contribution < 1.29 is 4.79 Å². The first kappa shape index (κ1) is 48.8. The van der Waals surface area contributed by atoms with Gasteiger partial charge in [0.2, 0.25) is 0 Å². The highest BCUT2D eigenvalue weighted by Crippen LogP contribution is 2.42. The Morgan fingerprint density at radius 3 is 1.00 bits per heavy atom. The first-order valence-electron chi connectivity index (χ1n) is 26.4. The van der Waals surface area contributed by atoms with Crippen LogP contribution in [-0.4, -0.2) is 10.9 Å². The van der Waals surface area contributed by atoms with E-state index in [0.29, 0.717) is 0 Å². The van der Waals surface area contributed by atoms with E-state index in [2.05, 4.69) is 306 Å². The Balaban J connectivity index is 0.774. The van der Waals surface area contributed by atoms with Gasteiger partial charge in [0.25, 0.3) is 0 Å². The first-order valence-corrected chi connectivity index (χ1v) is 28.0. The molecule has 4 nitrogen and oxygen atoms in total. The number of carbonyl (C=O) groups is 1. The Morgan fingerprint density at radius 1 is 0.304 bits per heavy atom. The van der Waals surface area contributed by atoms with Crippen molar-refractivity contribution in [3.05, 3.63) is 306 Å². The number of hydrogen-bond donors (Lipinski definition) is 0. The fraction of sp³-hybridized carbons (Fsp3) is 0. The van der Waals surface area contributed by atoms with Gasteiger partial charge in [0.1, 0.15) is 5.00 Å². The zero-order valence-corrected chi connectivity index (χ0v) is 44.6. The van der Waals surface area contributed by atoms with Crippen LogP contribution in [0.2, 0.25) is 0 Å². The molecule has 0 aliphatic rings. The van der Waals surface area contributed by atoms with Crippen LogP contribution in [0.15, 0.2) is 279 Å². The van der Waals surface area contributed by atoms with Crippen molar-refractivity contribution >= 4 is 109 Å². The summed E-state index contributed by atoms with van der Waals surface area (Å²) in [6, 6.07) is 99.2. The maximum absolute atomic E-state index is 11.6. The number of nitrogens with zero attached hydrogens (tertiary/aromatic N) is 3. The maximum atomic E-state index is 11.6. The molecule has 6 heteroatoms. The highest BCUT2D eigenvalue weighted by Gasteiger charge is 2.18. The third kappa shape index (κ3) is 10.3. The standard InChI is InChI=1S/C73H51N3OS2/c77-51-66-43-46-71(78-66)72-47-48-73(79-72)76-69-44-37-58(56-33-25-52(26-34-56)21-23-54-29-39-64(40-30-54)74(60-13-5-1-6-14-60)61-15-7-2-8-16-61)49-67(69)68-50-59(38-45-70(68)76)57-35-27-53(28-36-57)22-24-55-31-41-65(42-32-55)75(62-17-9-3-10-18-62)63-19-11-4-12-20-63/h1-51H/b23-21+,24-22+. The molecule has 0 atom stereocenters. The summed E-state index contributed by atoms with van der Waals surface area (Å²) in [4.78, 5) is 19.1. The van der Waals surface area contributed by atoms with Crippen LogP contribution in [0.25, 0.3) is 83.1 Å². The van der Waals surface area contributed by atoms with Gasteiger partial charge in [-0.15, -0.1) is 22.7 Å². The highest BCUT2D eigenvalue weighted by atomic mass is 32.1. The Labute approximate surface area is 468 Å². The number of carbonyl (C=O) groups excluding carboxylic acids is 1. The van der Waals surface area contributed by atoms with E-state index in [9.17, 15) is 4.79 Å². The molecular weight excluding hydrogens is 999 g/mol. The predicted molar refractivity (Wildman–Crippen MR) is 338 cm³/mol.